The van der Waals surface area contributed by atoms with E-state index in [1.165, 1.54) is 0 Å². The maximum Gasteiger partial charge on any atom is 0.321 e. The molecule has 1 fully saturated rings. The SMILES string of the molecule is N#CC1CC1CNC(=O)NC(=O)C=NO. The van der Waals surface area contributed by atoms with Crippen LogP contribution in [0.25, 0.3) is 0 Å². The second kappa shape index (κ2) is 4.95. The standard InChI is InChI=1S/C8H10N4O3/c9-2-5-1-6(5)3-10-8(14)12-7(13)4-11-15/h4-6,15H,1,3H2,(H2,10,12,13,14). The van der Waals surface area contributed by atoms with Gasteiger partial charge in [0.25, 0.3) is 5.91 Å². The van der Waals surface area contributed by atoms with Gasteiger partial charge < -0.3 is 10.5 Å². The number of amides is 3. The number of hydrogen-bond donors (Lipinski definition) is 3. The zero-order valence-electron chi connectivity index (χ0n) is 7.80. The molecule has 80 valence electrons. The summed E-state index contributed by atoms with van der Waals surface area (Å²) < 4.78 is 0. The number of oxime groups is 1. The van der Waals surface area contributed by atoms with Crippen LogP contribution in [0.4, 0.5) is 4.79 Å². The third-order valence-corrected chi connectivity index (χ3v) is 2.02. The van der Waals surface area contributed by atoms with Gasteiger partial charge >= 0.3 is 6.03 Å². The summed E-state index contributed by atoms with van der Waals surface area (Å²) in [5, 5.41) is 23.3. The van der Waals surface area contributed by atoms with Gasteiger partial charge in [-0.1, -0.05) is 5.16 Å². The predicted molar refractivity (Wildman–Crippen MR) is 49.0 cm³/mol. The summed E-state index contributed by atoms with van der Waals surface area (Å²) in [6, 6.07) is 1.42. The smallest absolute Gasteiger partial charge is 0.321 e. The molecule has 2 unspecified atom stereocenters. The van der Waals surface area contributed by atoms with Crippen molar-refractivity contribution in [3.8, 4) is 6.07 Å². The van der Waals surface area contributed by atoms with Gasteiger partial charge in [0.1, 0.15) is 6.21 Å². The highest BCUT2D eigenvalue weighted by Gasteiger charge is 2.37. The van der Waals surface area contributed by atoms with Crippen molar-refractivity contribution in [2.45, 2.75) is 6.42 Å². The minimum Gasteiger partial charge on any atom is -0.411 e. The fraction of sp³-hybridized carbons (Fsp3) is 0.500. The molecular formula is C8H10N4O3. The third kappa shape index (κ3) is 3.64. The van der Waals surface area contributed by atoms with E-state index in [-0.39, 0.29) is 11.8 Å². The van der Waals surface area contributed by atoms with Crippen molar-refractivity contribution < 1.29 is 14.8 Å². The van der Waals surface area contributed by atoms with Crippen LogP contribution >= 0.6 is 0 Å². The first kappa shape index (κ1) is 11.0. The Hall–Kier alpha value is -2.10. The monoisotopic (exact) mass is 210 g/mol. The zero-order valence-corrected chi connectivity index (χ0v) is 7.80. The van der Waals surface area contributed by atoms with E-state index in [0.717, 1.165) is 6.42 Å². The van der Waals surface area contributed by atoms with Gasteiger partial charge in [-0.15, -0.1) is 0 Å². The van der Waals surface area contributed by atoms with Crippen molar-refractivity contribution in [1.82, 2.24) is 10.6 Å². The number of nitrogens with zero attached hydrogens (tertiary/aromatic N) is 2. The average Bonchev–Trinajstić information content (AvgIpc) is 2.93. The molecule has 0 bridgehead atoms. The number of carbonyl (C=O) groups is 2. The number of hydrogen-bond acceptors (Lipinski definition) is 5. The van der Waals surface area contributed by atoms with Gasteiger partial charge in [-0.2, -0.15) is 5.26 Å². The number of imide groups is 1. The maximum absolute atomic E-state index is 11.0. The molecule has 0 heterocycles. The average molecular weight is 210 g/mol. The number of nitrogens with one attached hydrogen (secondary N) is 2. The van der Waals surface area contributed by atoms with Crippen LogP contribution in [0.5, 0.6) is 0 Å². The Balaban J connectivity index is 2.15. The maximum atomic E-state index is 11.0. The van der Waals surface area contributed by atoms with Crippen molar-refractivity contribution in [1.29, 1.82) is 5.26 Å². The minimum absolute atomic E-state index is 0.0139. The summed E-state index contributed by atoms with van der Waals surface area (Å²) in [5.74, 6) is -0.606. The molecule has 0 aromatic heterocycles. The Morgan fingerprint density at radius 2 is 2.40 bits per heavy atom. The Morgan fingerprint density at radius 3 is 2.93 bits per heavy atom. The fourth-order valence-corrected chi connectivity index (χ4v) is 1.10. The number of nitriles is 1. The van der Waals surface area contributed by atoms with E-state index in [1.807, 2.05) is 5.32 Å². The Labute approximate surface area is 85.7 Å². The van der Waals surface area contributed by atoms with Crippen molar-refractivity contribution >= 4 is 18.2 Å². The predicted octanol–water partition coefficient (Wildman–Crippen LogP) is -0.568. The lowest BCUT2D eigenvalue weighted by atomic mass is 10.3. The lowest BCUT2D eigenvalue weighted by molar-refractivity contribution is -0.113. The van der Waals surface area contributed by atoms with Gasteiger partial charge in [0.05, 0.1) is 12.0 Å². The molecule has 2 atom stereocenters. The van der Waals surface area contributed by atoms with E-state index < -0.39 is 11.9 Å². The molecule has 1 aliphatic carbocycles. The van der Waals surface area contributed by atoms with Gasteiger partial charge in [0.15, 0.2) is 0 Å². The molecule has 0 saturated heterocycles. The van der Waals surface area contributed by atoms with E-state index in [1.54, 1.807) is 0 Å². The van der Waals surface area contributed by atoms with Crippen molar-refractivity contribution in [2.24, 2.45) is 17.0 Å². The molecule has 1 aliphatic rings. The molecule has 1 saturated carbocycles. The quantitative estimate of drug-likeness (QED) is 0.328. The van der Waals surface area contributed by atoms with E-state index >= 15 is 0 Å². The van der Waals surface area contributed by atoms with E-state index in [4.69, 9.17) is 10.5 Å². The number of carbonyl (C=O) groups excluding carboxylic acids is 2. The summed E-state index contributed by atoms with van der Waals surface area (Å²) >= 11 is 0. The Morgan fingerprint density at radius 1 is 1.67 bits per heavy atom. The van der Waals surface area contributed by atoms with E-state index in [2.05, 4.69) is 16.5 Å². The molecule has 0 spiro atoms. The number of urea groups is 1. The Bertz CT molecular complexity index is 333. The summed E-state index contributed by atoms with van der Waals surface area (Å²) in [4.78, 5) is 21.7. The van der Waals surface area contributed by atoms with Gasteiger partial charge in [-0.3, -0.25) is 10.1 Å². The highest BCUT2D eigenvalue weighted by Crippen LogP contribution is 2.36. The highest BCUT2D eigenvalue weighted by atomic mass is 16.4. The molecule has 15 heavy (non-hydrogen) atoms. The minimum atomic E-state index is -0.803. The fourth-order valence-electron chi connectivity index (χ4n) is 1.10. The normalized spacial score (nSPS) is 23.1. The first-order chi connectivity index (χ1) is 7.17. The van der Waals surface area contributed by atoms with Crippen LogP contribution < -0.4 is 10.6 Å². The van der Waals surface area contributed by atoms with Crippen LogP contribution in [0, 0.1) is 23.2 Å². The largest absolute Gasteiger partial charge is 0.411 e. The zero-order chi connectivity index (χ0) is 11.3. The molecule has 1 rings (SSSR count). The number of rotatable bonds is 3. The molecule has 0 aliphatic heterocycles. The summed E-state index contributed by atoms with van der Waals surface area (Å²) in [7, 11) is 0. The molecule has 0 aromatic rings. The molecule has 3 N–H and O–H groups in total. The second-order valence-corrected chi connectivity index (χ2v) is 3.18. The van der Waals surface area contributed by atoms with Gasteiger partial charge in [-0.25, -0.2) is 4.79 Å². The molecule has 0 radical (unpaired) electrons. The van der Waals surface area contributed by atoms with Crippen molar-refractivity contribution in [3.05, 3.63) is 0 Å². The van der Waals surface area contributed by atoms with Crippen LogP contribution in [-0.4, -0.2) is 29.9 Å². The van der Waals surface area contributed by atoms with Gasteiger partial charge in [-0.05, 0) is 12.3 Å². The van der Waals surface area contributed by atoms with Crippen LogP contribution in [0.1, 0.15) is 6.42 Å². The van der Waals surface area contributed by atoms with Gasteiger partial charge in [0.2, 0.25) is 0 Å². The van der Waals surface area contributed by atoms with Gasteiger partial charge in [0, 0.05) is 6.54 Å². The molecular weight excluding hydrogens is 200 g/mol. The summed E-state index contributed by atoms with van der Waals surface area (Å²) in [6.45, 7) is 0.369. The van der Waals surface area contributed by atoms with Crippen LogP contribution in [0.2, 0.25) is 0 Å². The third-order valence-electron chi connectivity index (χ3n) is 2.02. The second-order valence-electron chi connectivity index (χ2n) is 3.18. The lowest BCUT2D eigenvalue weighted by Gasteiger charge is -2.02. The lowest BCUT2D eigenvalue weighted by Crippen LogP contribution is -2.40. The molecule has 0 aromatic carbocycles. The van der Waals surface area contributed by atoms with Crippen LogP contribution in [-0.2, 0) is 4.79 Å². The molecule has 3 amide bonds. The van der Waals surface area contributed by atoms with E-state index in [0.29, 0.717) is 12.8 Å². The van der Waals surface area contributed by atoms with Crippen LogP contribution in [0.15, 0.2) is 5.16 Å². The van der Waals surface area contributed by atoms with Crippen molar-refractivity contribution in [3.63, 3.8) is 0 Å². The van der Waals surface area contributed by atoms with E-state index in [9.17, 15) is 9.59 Å². The Kier molecular flexibility index (Phi) is 3.62. The molecule has 7 nitrogen and oxygen atoms in total. The van der Waals surface area contributed by atoms with Crippen LogP contribution in [0.3, 0.4) is 0 Å². The highest BCUT2D eigenvalue weighted by molar-refractivity contribution is 6.29. The first-order valence-electron chi connectivity index (χ1n) is 4.33. The first-order valence-corrected chi connectivity index (χ1v) is 4.33. The topological polar surface area (TPSA) is 115 Å². The van der Waals surface area contributed by atoms with Crippen molar-refractivity contribution in [2.75, 3.05) is 6.54 Å². The summed E-state index contributed by atoms with van der Waals surface area (Å²) in [6.07, 6.45) is 1.36. The summed E-state index contributed by atoms with van der Waals surface area (Å²) in [5.41, 5.74) is 0. The molecule has 7 heteroatoms.